The second kappa shape index (κ2) is 18.3. The highest BCUT2D eigenvalue weighted by Crippen LogP contribution is 2.64. The molecule has 2 saturated carbocycles. The number of amides is 1. The van der Waals surface area contributed by atoms with Crippen molar-refractivity contribution in [1.29, 1.82) is 0 Å². The second-order valence-electron chi connectivity index (χ2n) is 18.7. The lowest BCUT2D eigenvalue weighted by atomic mass is 9.44. The number of nitrogens with one attached hydrogen (secondary N) is 1. The van der Waals surface area contributed by atoms with Gasteiger partial charge >= 0.3 is 23.9 Å². The Balaban J connectivity index is 1.28. The molecular formula is C52H51F2NO14. The van der Waals surface area contributed by atoms with E-state index in [1.165, 1.54) is 64.1 Å². The van der Waals surface area contributed by atoms with Crippen molar-refractivity contribution in [2.45, 2.75) is 101 Å². The normalized spacial score (nSPS) is 29.8. The Kier molecular flexibility index (Phi) is 13.0. The summed E-state index contributed by atoms with van der Waals surface area (Å²) in [5.74, 6) is -11.1. The van der Waals surface area contributed by atoms with Gasteiger partial charge in [-0.05, 0) is 67.0 Å². The zero-order valence-electron chi connectivity index (χ0n) is 38.2. The number of aliphatic hydroxyl groups excluding tert-OH is 2. The molecule has 1 amide bonds. The Labute approximate surface area is 395 Å². The lowest BCUT2D eigenvalue weighted by molar-refractivity contribution is -0.346. The summed E-state index contributed by atoms with van der Waals surface area (Å²) in [5.41, 5.74) is -8.91. The number of ether oxygens (including phenoxy) is 5. The summed E-state index contributed by atoms with van der Waals surface area (Å²) in [7, 11) is 0. The van der Waals surface area contributed by atoms with Gasteiger partial charge in [0, 0.05) is 30.7 Å². The van der Waals surface area contributed by atoms with E-state index in [1.807, 2.05) is 0 Å². The maximum absolute atomic E-state index is 15.2. The molecule has 4 aromatic carbocycles. The van der Waals surface area contributed by atoms with Gasteiger partial charge in [-0.1, -0.05) is 86.6 Å². The number of carbonyl (C=O) groups excluding carboxylic acids is 6. The van der Waals surface area contributed by atoms with Crippen LogP contribution < -0.4 is 5.32 Å². The number of carbonyl (C=O) groups is 6. The third-order valence-electron chi connectivity index (χ3n) is 14.6. The molecule has 11 atom stereocenters. The number of hydrogen-bond donors (Lipinski definition) is 4. The molecule has 2 unspecified atom stereocenters. The average Bonchev–Trinajstić information content (AvgIpc) is 3.32. The average molecular weight is 952 g/mol. The number of rotatable bonds is 11. The van der Waals surface area contributed by atoms with Crippen molar-refractivity contribution in [2.75, 3.05) is 6.61 Å². The highest BCUT2D eigenvalue weighted by molar-refractivity contribution is 5.96. The van der Waals surface area contributed by atoms with Crippen LogP contribution in [-0.2, 0) is 38.1 Å². The molecular weight excluding hydrogens is 901 g/mol. The molecule has 0 radical (unpaired) electrons. The lowest BCUT2D eigenvalue weighted by Crippen LogP contribution is -2.81. The van der Waals surface area contributed by atoms with Gasteiger partial charge in [0.05, 0.1) is 35.2 Å². The lowest BCUT2D eigenvalue weighted by Gasteiger charge is -2.67. The van der Waals surface area contributed by atoms with E-state index in [-0.39, 0.29) is 40.9 Å². The van der Waals surface area contributed by atoms with Crippen molar-refractivity contribution in [3.63, 3.8) is 0 Å². The molecule has 4 aliphatic rings. The van der Waals surface area contributed by atoms with Gasteiger partial charge in [-0.3, -0.25) is 14.4 Å². The first-order valence-corrected chi connectivity index (χ1v) is 22.3. The summed E-state index contributed by atoms with van der Waals surface area (Å²) in [6.45, 7) is 6.50. The predicted molar refractivity (Wildman–Crippen MR) is 238 cm³/mol. The Bertz CT molecular complexity index is 2720. The van der Waals surface area contributed by atoms with Crippen molar-refractivity contribution >= 4 is 35.6 Å². The van der Waals surface area contributed by atoms with Crippen LogP contribution >= 0.6 is 0 Å². The molecule has 4 N–H and O–H groups in total. The molecule has 17 heteroatoms. The molecule has 1 heterocycles. The summed E-state index contributed by atoms with van der Waals surface area (Å²) < 4.78 is 59.9. The van der Waals surface area contributed by atoms with Gasteiger partial charge in [-0.2, -0.15) is 0 Å². The number of esters is 4. The van der Waals surface area contributed by atoms with Crippen LogP contribution in [0.15, 0.2) is 120 Å². The van der Waals surface area contributed by atoms with Gasteiger partial charge in [-0.25, -0.2) is 23.2 Å². The van der Waals surface area contributed by atoms with Crippen molar-refractivity contribution in [3.8, 4) is 0 Å². The summed E-state index contributed by atoms with van der Waals surface area (Å²) in [4.78, 5) is 85.4. The van der Waals surface area contributed by atoms with Gasteiger partial charge in [0.15, 0.2) is 23.0 Å². The van der Waals surface area contributed by atoms with Crippen molar-refractivity contribution in [3.05, 3.63) is 154 Å². The number of aliphatic hydroxyl groups is 3. The maximum atomic E-state index is 15.2. The molecule has 15 nitrogen and oxygen atoms in total. The topological polar surface area (TPSA) is 221 Å². The highest BCUT2D eigenvalue weighted by atomic mass is 19.2. The summed E-state index contributed by atoms with van der Waals surface area (Å²) in [5, 5.41) is 40.8. The highest BCUT2D eigenvalue weighted by Gasteiger charge is 2.78. The smallest absolute Gasteiger partial charge is 0.350 e. The molecule has 0 spiro atoms. The van der Waals surface area contributed by atoms with Crippen LogP contribution in [0.25, 0.3) is 0 Å². The number of halogens is 2. The molecule has 1 aliphatic heterocycles. The molecule has 2 bridgehead atoms. The summed E-state index contributed by atoms with van der Waals surface area (Å²) >= 11 is 0. The summed E-state index contributed by atoms with van der Waals surface area (Å²) in [6, 6.07) is 24.4. The van der Waals surface area contributed by atoms with E-state index in [0.717, 1.165) is 25.1 Å². The number of Topliss-reactive ketones (excluding diaryl/α,β-unsaturated/α-hetero) is 1. The molecule has 1 saturated heterocycles. The van der Waals surface area contributed by atoms with Gasteiger partial charge in [-0.15, -0.1) is 0 Å². The molecule has 3 fully saturated rings. The zero-order chi connectivity index (χ0) is 49.8. The van der Waals surface area contributed by atoms with E-state index in [2.05, 4.69) is 5.32 Å². The van der Waals surface area contributed by atoms with Crippen molar-refractivity contribution in [1.82, 2.24) is 5.32 Å². The maximum Gasteiger partial charge on any atom is 0.350 e. The van der Waals surface area contributed by atoms with Crippen LogP contribution in [0.5, 0.6) is 0 Å². The molecule has 0 aromatic heterocycles. The number of fused-ring (bicyclic) bond motifs is 5. The van der Waals surface area contributed by atoms with Crippen LogP contribution in [0, 0.1) is 28.4 Å². The standard InChI is InChI=1S/C52H51F2NO14/c1-27-34(66-48(63)41(67-47(62)32-22-15-23-33(53)38(32)54)39(29-16-9-6-10-17-29)55-45(60)30-18-11-7-12-19-30)25-52(64)44(68-46(61)31-20-13-8-14-21-31)42-50(5,43(59)40(58)37(27)49(52,3)4)35(57)24-36-51(42,26-65-36)69-28(2)56/h6-23,34-36,39-42,44,57-58,64H,24-26H2,1-5H3,(H,55,60)/t34-,35-,36+,39-,40+,41+,42?,44?,50+,51-,52+/m0/s1. The largest absolute Gasteiger partial charge is 0.455 e. The Morgan fingerprint density at radius 1 is 0.812 bits per heavy atom. The minimum absolute atomic E-state index is 0.0166. The van der Waals surface area contributed by atoms with Crippen LogP contribution in [-0.4, -0.2) is 105 Å². The molecule has 69 heavy (non-hydrogen) atoms. The quantitative estimate of drug-likeness (QED) is 0.0851. The molecule has 362 valence electrons. The minimum atomic E-state index is -2.51. The van der Waals surface area contributed by atoms with Gasteiger partial charge in [0.1, 0.15) is 36.1 Å². The number of hydrogen-bond acceptors (Lipinski definition) is 14. The second-order valence-corrected chi connectivity index (χ2v) is 18.7. The molecule has 4 aromatic rings. The SMILES string of the molecule is CC(=O)O[C@@]12CO[C@@H]1C[C@H](O)[C@@]1(C)C(=O)[C@H](O)C3=C(C)[C@@H](OC(=O)[C@H](OC(=O)c4cccc(F)c4F)[C@@H](NC(=O)c4ccccc4)c4ccccc4)C[C@@](O)(C(OC(=O)c4ccccc4)C12)C3(C)C. The zero-order valence-corrected chi connectivity index (χ0v) is 38.2. The van der Waals surface area contributed by atoms with Crippen LogP contribution in [0.1, 0.15) is 90.1 Å². The van der Waals surface area contributed by atoms with E-state index in [0.29, 0.717) is 0 Å². The Morgan fingerprint density at radius 2 is 1.42 bits per heavy atom. The Hall–Kier alpha value is -6.66. The number of ketones is 1. The minimum Gasteiger partial charge on any atom is -0.455 e. The van der Waals surface area contributed by atoms with Gasteiger partial charge in [0.25, 0.3) is 5.91 Å². The first kappa shape index (κ1) is 48.8. The third-order valence-corrected chi connectivity index (χ3v) is 14.6. The van der Waals surface area contributed by atoms with Crippen LogP contribution in [0.3, 0.4) is 0 Å². The van der Waals surface area contributed by atoms with E-state index in [4.69, 9.17) is 23.7 Å². The van der Waals surface area contributed by atoms with Crippen LogP contribution in [0.4, 0.5) is 8.78 Å². The van der Waals surface area contributed by atoms with Gasteiger partial charge < -0.3 is 44.3 Å². The summed E-state index contributed by atoms with van der Waals surface area (Å²) in [6.07, 6.45) is -11.5. The Morgan fingerprint density at radius 3 is 2.01 bits per heavy atom. The third kappa shape index (κ3) is 8.20. The van der Waals surface area contributed by atoms with E-state index in [1.54, 1.807) is 54.6 Å². The van der Waals surface area contributed by atoms with Crippen LogP contribution in [0.2, 0.25) is 0 Å². The van der Waals surface area contributed by atoms with Crippen molar-refractivity contribution in [2.24, 2.45) is 16.7 Å². The predicted octanol–water partition coefficient (Wildman–Crippen LogP) is 5.31. The fraction of sp³-hybridized carbons (Fsp3) is 0.385. The fourth-order valence-electron chi connectivity index (χ4n) is 10.9. The van der Waals surface area contributed by atoms with Crippen molar-refractivity contribution < 1.29 is 76.6 Å². The fourth-order valence-corrected chi connectivity index (χ4v) is 10.9. The first-order chi connectivity index (χ1) is 32.7. The number of benzene rings is 4. The molecule has 3 aliphatic carbocycles. The van der Waals surface area contributed by atoms with E-state index < -0.39 is 130 Å². The van der Waals surface area contributed by atoms with Gasteiger partial charge in [0.2, 0.25) is 6.10 Å². The molecule has 8 rings (SSSR count). The van der Waals surface area contributed by atoms with E-state index >= 15 is 14.0 Å². The first-order valence-electron chi connectivity index (χ1n) is 22.3. The monoisotopic (exact) mass is 951 g/mol. The van der Waals surface area contributed by atoms with E-state index in [9.17, 15) is 38.9 Å².